The zero-order valence-corrected chi connectivity index (χ0v) is 11.8. The Morgan fingerprint density at radius 3 is 2.82 bits per heavy atom. The normalized spacial score (nSPS) is 10.6. The van der Waals surface area contributed by atoms with Gasteiger partial charge in [-0.2, -0.15) is 0 Å². The number of aromatic nitrogens is 1. The molecule has 0 atom stereocenters. The average molecular weight is 300 g/mol. The van der Waals surface area contributed by atoms with E-state index in [9.17, 15) is 9.18 Å². The Balaban J connectivity index is 1.61. The molecule has 0 saturated heterocycles. The monoisotopic (exact) mass is 300 g/mol. The van der Waals surface area contributed by atoms with Crippen molar-refractivity contribution in [2.75, 3.05) is 11.9 Å². The number of hydrogen-bond acceptors (Lipinski definition) is 4. The van der Waals surface area contributed by atoms with Gasteiger partial charge in [-0.1, -0.05) is 0 Å². The number of benzene rings is 2. The number of halogens is 1. The van der Waals surface area contributed by atoms with Gasteiger partial charge in [-0.05, 0) is 36.4 Å². The summed E-state index contributed by atoms with van der Waals surface area (Å²) in [4.78, 5) is 16.0. The molecule has 0 unspecified atom stereocenters. The van der Waals surface area contributed by atoms with Gasteiger partial charge in [0, 0.05) is 18.7 Å². The van der Waals surface area contributed by atoms with Gasteiger partial charge in [-0.15, -0.1) is 0 Å². The van der Waals surface area contributed by atoms with Crippen molar-refractivity contribution >= 4 is 22.7 Å². The number of hydrogen-bond donors (Lipinski definition) is 1. The number of rotatable bonds is 4. The second kappa shape index (κ2) is 5.85. The average Bonchev–Trinajstić information content (AvgIpc) is 2.86. The highest BCUT2D eigenvalue weighted by atomic mass is 19.1. The maximum atomic E-state index is 12.8. The topological polar surface area (TPSA) is 64.4 Å². The number of nitrogens with zero attached hydrogens (tertiary/aromatic N) is 1. The van der Waals surface area contributed by atoms with Crippen LogP contribution in [-0.2, 0) is 4.79 Å². The van der Waals surface area contributed by atoms with Gasteiger partial charge in [0.1, 0.15) is 17.1 Å². The van der Waals surface area contributed by atoms with Gasteiger partial charge in [0.2, 0.25) is 0 Å². The molecule has 0 fully saturated rings. The SMILES string of the molecule is Cc1nc2ccc(NC(=O)COc3ccc(F)cc3)cc2o1. The molecule has 0 bridgehead atoms. The summed E-state index contributed by atoms with van der Waals surface area (Å²) in [5.41, 5.74) is 1.93. The third-order valence-electron chi connectivity index (χ3n) is 2.96. The van der Waals surface area contributed by atoms with E-state index in [4.69, 9.17) is 9.15 Å². The molecule has 3 rings (SSSR count). The van der Waals surface area contributed by atoms with E-state index < -0.39 is 0 Å². The number of carbonyl (C=O) groups is 1. The first-order valence-corrected chi connectivity index (χ1v) is 6.65. The lowest BCUT2D eigenvalue weighted by atomic mass is 10.3. The quantitative estimate of drug-likeness (QED) is 0.803. The van der Waals surface area contributed by atoms with Crippen LogP contribution >= 0.6 is 0 Å². The van der Waals surface area contributed by atoms with Crippen LogP contribution in [0.3, 0.4) is 0 Å². The first kappa shape index (κ1) is 14.1. The maximum absolute atomic E-state index is 12.8. The molecule has 3 aromatic rings. The predicted molar refractivity (Wildman–Crippen MR) is 79.3 cm³/mol. The van der Waals surface area contributed by atoms with Crippen LogP contribution in [0.25, 0.3) is 11.1 Å². The van der Waals surface area contributed by atoms with Gasteiger partial charge >= 0.3 is 0 Å². The van der Waals surface area contributed by atoms with Gasteiger partial charge in [0.15, 0.2) is 18.1 Å². The van der Waals surface area contributed by atoms with E-state index in [-0.39, 0.29) is 18.3 Å². The molecule has 112 valence electrons. The Bertz CT molecular complexity index is 812. The lowest BCUT2D eigenvalue weighted by Crippen LogP contribution is -2.20. The summed E-state index contributed by atoms with van der Waals surface area (Å²) < 4.78 is 23.4. The minimum atomic E-state index is -0.354. The Hall–Kier alpha value is -2.89. The molecule has 0 radical (unpaired) electrons. The fraction of sp³-hybridized carbons (Fsp3) is 0.125. The molecule has 0 aliphatic carbocycles. The molecule has 22 heavy (non-hydrogen) atoms. The second-order valence-corrected chi connectivity index (χ2v) is 4.71. The molecule has 5 nitrogen and oxygen atoms in total. The molecule has 0 spiro atoms. The molecule has 0 aliphatic rings. The number of ether oxygens (including phenoxy) is 1. The van der Waals surface area contributed by atoms with Gasteiger partial charge in [-0.25, -0.2) is 9.37 Å². The van der Waals surface area contributed by atoms with E-state index in [0.29, 0.717) is 22.9 Å². The molecular formula is C16H13FN2O3. The van der Waals surface area contributed by atoms with E-state index in [1.54, 1.807) is 25.1 Å². The van der Waals surface area contributed by atoms with E-state index >= 15 is 0 Å². The highest BCUT2D eigenvalue weighted by molar-refractivity contribution is 5.93. The molecule has 1 amide bonds. The van der Waals surface area contributed by atoms with E-state index in [0.717, 1.165) is 5.52 Å². The van der Waals surface area contributed by atoms with Crippen molar-refractivity contribution < 1.29 is 18.3 Å². The maximum Gasteiger partial charge on any atom is 0.262 e. The molecule has 0 saturated carbocycles. The number of anilines is 1. The number of oxazole rings is 1. The standard InChI is InChI=1S/C16H13FN2O3/c1-10-18-14-7-4-12(8-15(14)22-10)19-16(20)9-21-13-5-2-11(17)3-6-13/h2-8H,9H2,1H3,(H,19,20). The Kier molecular flexibility index (Phi) is 3.74. The highest BCUT2D eigenvalue weighted by Crippen LogP contribution is 2.19. The molecular weight excluding hydrogens is 287 g/mol. The van der Waals surface area contributed by atoms with Crippen LogP contribution < -0.4 is 10.1 Å². The molecule has 1 heterocycles. The van der Waals surface area contributed by atoms with Crippen LogP contribution in [0.4, 0.5) is 10.1 Å². The minimum Gasteiger partial charge on any atom is -0.484 e. The van der Waals surface area contributed by atoms with Crippen molar-refractivity contribution in [3.63, 3.8) is 0 Å². The van der Waals surface area contributed by atoms with Crippen LogP contribution in [0.1, 0.15) is 5.89 Å². The van der Waals surface area contributed by atoms with Crippen LogP contribution in [-0.4, -0.2) is 17.5 Å². The lowest BCUT2D eigenvalue weighted by Gasteiger charge is -2.07. The smallest absolute Gasteiger partial charge is 0.262 e. The summed E-state index contributed by atoms with van der Waals surface area (Å²) in [7, 11) is 0. The number of fused-ring (bicyclic) bond motifs is 1. The highest BCUT2D eigenvalue weighted by Gasteiger charge is 2.07. The largest absolute Gasteiger partial charge is 0.484 e. The van der Waals surface area contributed by atoms with E-state index in [2.05, 4.69) is 10.3 Å². The summed E-state index contributed by atoms with van der Waals surface area (Å²) in [5, 5.41) is 2.70. The Morgan fingerprint density at radius 2 is 2.05 bits per heavy atom. The van der Waals surface area contributed by atoms with E-state index in [1.165, 1.54) is 24.3 Å². The predicted octanol–water partition coefficient (Wildman–Crippen LogP) is 3.29. The Morgan fingerprint density at radius 1 is 1.27 bits per heavy atom. The molecule has 2 aromatic carbocycles. The first-order valence-electron chi connectivity index (χ1n) is 6.65. The lowest BCUT2D eigenvalue weighted by molar-refractivity contribution is -0.118. The van der Waals surface area contributed by atoms with Crippen LogP contribution in [0.5, 0.6) is 5.75 Å². The number of aryl methyl sites for hydroxylation is 1. The third-order valence-corrected chi connectivity index (χ3v) is 2.96. The minimum absolute atomic E-state index is 0.168. The zero-order valence-electron chi connectivity index (χ0n) is 11.8. The number of carbonyl (C=O) groups excluding carboxylic acids is 1. The molecule has 0 aliphatic heterocycles. The Labute approximate surface area is 125 Å². The molecule has 1 N–H and O–H groups in total. The third kappa shape index (κ3) is 3.22. The fourth-order valence-electron chi connectivity index (χ4n) is 1.99. The van der Waals surface area contributed by atoms with Crippen molar-refractivity contribution in [1.29, 1.82) is 0 Å². The summed E-state index contributed by atoms with van der Waals surface area (Å²) in [6.07, 6.45) is 0. The van der Waals surface area contributed by atoms with Crippen molar-refractivity contribution in [3.05, 3.63) is 54.2 Å². The van der Waals surface area contributed by atoms with Gasteiger partial charge in [-0.3, -0.25) is 4.79 Å². The van der Waals surface area contributed by atoms with Crippen LogP contribution in [0.15, 0.2) is 46.9 Å². The molecule has 1 aromatic heterocycles. The van der Waals surface area contributed by atoms with E-state index in [1.807, 2.05) is 0 Å². The van der Waals surface area contributed by atoms with Crippen molar-refractivity contribution in [1.82, 2.24) is 4.98 Å². The zero-order chi connectivity index (χ0) is 15.5. The summed E-state index contributed by atoms with van der Waals surface area (Å²) in [5.74, 6) is 0.323. The van der Waals surface area contributed by atoms with Crippen molar-refractivity contribution in [2.45, 2.75) is 6.92 Å². The second-order valence-electron chi connectivity index (χ2n) is 4.71. The number of nitrogens with one attached hydrogen (secondary N) is 1. The van der Waals surface area contributed by atoms with Crippen LogP contribution in [0, 0.1) is 12.7 Å². The summed E-state index contributed by atoms with van der Waals surface area (Å²) in [6.45, 7) is 1.59. The van der Waals surface area contributed by atoms with Crippen molar-refractivity contribution in [2.24, 2.45) is 0 Å². The van der Waals surface area contributed by atoms with Crippen molar-refractivity contribution in [3.8, 4) is 5.75 Å². The van der Waals surface area contributed by atoms with Gasteiger partial charge < -0.3 is 14.5 Å². The number of amides is 1. The fourth-order valence-corrected chi connectivity index (χ4v) is 1.99. The summed E-state index contributed by atoms with van der Waals surface area (Å²) in [6, 6.07) is 10.7. The van der Waals surface area contributed by atoms with Gasteiger partial charge in [0.25, 0.3) is 5.91 Å². The van der Waals surface area contributed by atoms with Gasteiger partial charge in [0.05, 0.1) is 0 Å². The molecule has 6 heteroatoms. The summed E-state index contributed by atoms with van der Waals surface area (Å²) >= 11 is 0. The first-order chi connectivity index (χ1) is 10.6. The van der Waals surface area contributed by atoms with Crippen LogP contribution in [0.2, 0.25) is 0 Å².